The summed E-state index contributed by atoms with van der Waals surface area (Å²) in [5, 5.41) is 3.51. The van der Waals surface area contributed by atoms with Crippen LogP contribution >= 0.6 is 0 Å². The molecular formula is C18H31FN2. The van der Waals surface area contributed by atoms with Crippen molar-refractivity contribution in [2.45, 2.75) is 60.0 Å². The van der Waals surface area contributed by atoms with Crippen molar-refractivity contribution >= 4 is 0 Å². The molecule has 0 aliphatic rings. The smallest absolute Gasteiger partial charge is 0.128 e. The molecule has 0 saturated heterocycles. The second-order valence-electron chi connectivity index (χ2n) is 6.29. The molecule has 1 aromatic rings. The Bertz CT molecular complexity index is 441. The van der Waals surface area contributed by atoms with Crippen LogP contribution in [0.4, 0.5) is 4.39 Å². The fourth-order valence-corrected chi connectivity index (χ4v) is 3.42. The van der Waals surface area contributed by atoms with Gasteiger partial charge in [0.05, 0.1) is 6.04 Å². The summed E-state index contributed by atoms with van der Waals surface area (Å²) in [5.41, 5.74) is 2.66. The van der Waals surface area contributed by atoms with E-state index in [0.717, 1.165) is 36.3 Å². The van der Waals surface area contributed by atoms with Gasteiger partial charge in [-0.3, -0.25) is 4.90 Å². The lowest BCUT2D eigenvalue weighted by molar-refractivity contribution is 0.0900. The number of rotatable bonds is 7. The molecule has 0 spiro atoms. The number of nitrogens with one attached hydrogen (secondary N) is 1. The van der Waals surface area contributed by atoms with Crippen molar-refractivity contribution in [1.82, 2.24) is 10.2 Å². The summed E-state index contributed by atoms with van der Waals surface area (Å²) < 4.78 is 14.6. The Morgan fingerprint density at radius 1 is 1.14 bits per heavy atom. The molecule has 0 heterocycles. The van der Waals surface area contributed by atoms with Gasteiger partial charge in [-0.05, 0) is 64.5 Å². The Morgan fingerprint density at radius 3 is 2.14 bits per heavy atom. The highest BCUT2D eigenvalue weighted by Crippen LogP contribution is 2.34. The van der Waals surface area contributed by atoms with E-state index in [4.69, 9.17) is 0 Å². The van der Waals surface area contributed by atoms with Crippen LogP contribution in [0.2, 0.25) is 0 Å². The third-order valence-corrected chi connectivity index (χ3v) is 4.46. The normalized spacial score (nSPS) is 13.8. The van der Waals surface area contributed by atoms with Crippen LogP contribution in [-0.2, 0) is 0 Å². The minimum absolute atomic E-state index is 0.0250. The fourth-order valence-electron chi connectivity index (χ4n) is 3.42. The maximum absolute atomic E-state index is 14.6. The number of benzene rings is 1. The lowest BCUT2D eigenvalue weighted by Crippen LogP contribution is -2.53. The van der Waals surface area contributed by atoms with Gasteiger partial charge in [0.15, 0.2) is 0 Å². The van der Waals surface area contributed by atoms with E-state index in [0.29, 0.717) is 0 Å². The van der Waals surface area contributed by atoms with Crippen molar-refractivity contribution in [1.29, 1.82) is 0 Å². The summed E-state index contributed by atoms with van der Waals surface area (Å²) in [4.78, 5) is 2.39. The van der Waals surface area contributed by atoms with E-state index in [-0.39, 0.29) is 17.4 Å². The Balaban J connectivity index is 3.36. The average Bonchev–Trinajstić information content (AvgIpc) is 2.37. The largest absolute Gasteiger partial charge is 0.309 e. The third kappa shape index (κ3) is 3.83. The Hall–Kier alpha value is -0.930. The monoisotopic (exact) mass is 294 g/mol. The summed E-state index contributed by atoms with van der Waals surface area (Å²) in [7, 11) is 0. The molecule has 0 amide bonds. The lowest BCUT2D eigenvalue weighted by Gasteiger charge is -2.44. The average molecular weight is 294 g/mol. The Kier molecular flexibility index (Phi) is 6.36. The molecule has 1 atom stereocenters. The molecule has 0 fully saturated rings. The van der Waals surface area contributed by atoms with Gasteiger partial charge in [0.25, 0.3) is 0 Å². The van der Waals surface area contributed by atoms with Crippen LogP contribution in [0.15, 0.2) is 12.1 Å². The van der Waals surface area contributed by atoms with Crippen LogP contribution in [0.25, 0.3) is 0 Å². The van der Waals surface area contributed by atoms with Crippen LogP contribution < -0.4 is 5.32 Å². The Labute approximate surface area is 129 Å². The summed E-state index contributed by atoms with van der Waals surface area (Å²) >= 11 is 0. The minimum atomic E-state index is -0.152. The van der Waals surface area contributed by atoms with E-state index < -0.39 is 0 Å². The van der Waals surface area contributed by atoms with Crippen molar-refractivity contribution in [3.05, 3.63) is 34.6 Å². The van der Waals surface area contributed by atoms with E-state index >= 15 is 0 Å². The second kappa shape index (κ2) is 7.37. The molecule has 21 heavy (non-hydrogen) atoms. The van der Waals surface area contributed by atoms with Gasteiger partial charge in [-0.2, -0.15) is 0 Å². The van der Waals surface area contributed by atoms with Gasteiger partial charge in [0.1, 0.15) is 5.82 Å². The van der Waals surface area contributed by atoms with Gasteiger partial charge in [0.2, 0.25) is 0 Å². The fraction of sp³-hybridized carbons (Fsp3) is 0.667. The molecule has 1 unspecified atom stereocenters. The molecule has 1 aromatic carbocycles. The van der Waals surface area contributed by atoms with Gasteiger partial charge in [-0.15, -0.1) is 0 Å². The highest BCUT2D eigenvalue weighted by atomic mass is 19.1. The van der Waals surface area contributed by atoms with E-state index in [9.17, 15) is 4.39 Å². The maximum Gasteiger partial charge on any atom is 0.128 e. The number of hydrogen-bond donors (Lipinski definition) is 1. The minimum Gasteiger partial charge on any atom is -0.309 e. The first kappa shape index (κ1) is 18.1. The number of likely N-dealkylation sites (N-methyl/N-ethyl adjacent to an activating group) is 2. The van der Waals surface area contributed by atoms with Crippen LogP contribution in [0.5, 0.6) is 0 Å². The van der Waals surface area contributed by atoms with E-state index in [2.05, 4.69) is 50.9 Å². The summed E-state index contributed by atoms with van der Waals surface area (Å²) in [6.45, 7) is 17.5. The van der Waals surface area contributed by atoms with Gasteiger partial charge < -0.3 is 5.32 Å². The summed E-state index contributed by atoms with van der Waals surface area (Å²) in [5.74, 6) is -0.0984. The molecule has 2 nitrogen and oxygen atoms in total. The van der Waals surface area contributed by atoms with Crippen molar-refractivity contribution in [3.63, 3.8) is 0 Å². The first-order valence-corrected chi connectivity index (χ1v) is 8.04. The first-order valence-electron chi connectivity index (χ1n) is 8.04. The third-order valence-electron chi connectivity index (χ3n) is 4.46. The highest BCUT2D eigenvalue weighted by Gasteiger charge is 2.36. The molecule has 0 radical (unpaired) electrons. The number of halogens is 1. The topological polar surface area (TPSA) is 15.3 Å². The van der Waals surface area contributed by atoms with E-state index in [1.165, 1.54) is 0 Å². The molecule has 0 aliphatic carbocycles. The molecule has 1 rings (SSSR count). The van der Waals surface area contributed by atoms with Crippen LogP contribution in [0.1, 0.15) is 57.4 Å². The standard InChI is InChI=1S/C18H31FN2/c1-8-20-17(18(6,7)21(9-2)10-3)16-14(5)11-13(4)12-15(16)19/h11-12,17,20H,8-10H2,1-7H3. The zero-order valence-electron chi connectivity index (χ0n) is 14.7. The second-order valence-corrected chi connectivity index (χ2v) is 6.29. The van der Waals surface area contributed by atoms with Crippen LogP contribution in [0, 0.1) is 19.7 Å². The number of hydrogen-bond acceptors (Lipinski definition) is 2. The summed E-state index contributed by atoms with van der Waals surface area (Å²) in [6.07, 6.45) is 0. The van der Waals surface area contributed by atoms with E-state index in [1.807, 2.05) is 13.8 Å². The first-order chi connectivity index (χ1) is 9.79. The van der Waals surface area contributed by atoms with Crippen molar-refractivity contribution in [2.75, 3.05) is 19.6 Å². The zero-order valence-corrected chi connectivity index (χ0v) is 14.7. The summed E-state index contributed by atoms with van der Waals surface area (Å²) in [6, 6.07) is 3.69. The maximum atomic E-state index is 14.6. The highest BCUT2D eigenvalue weighted by molar-refractivity contribution is 5.36. The van der Waals surface area contributed by atoms with Crippen LogP contribution in [-0.4, -0.2) is 30.1 Å². The quantitative estimate of drug-likeness (QED) is 0.810. The molecule has 0 saturated carbocycles. The molecule has 0 aliphatic heterocycles. The molecular weight excluding hydrogens is 263 g/mol. The molecule has 1 N–H and O–H groups in total. The molecule has 0 aromatic heterocycles. The van der Waals surface area contributed by atoms with Gasteiger partial charge >= 0.3 is 0 Å². The van der Waals surface area contributed by atoms with Crippen molar-refractivity contribution in [2.24, 2.45) is 0 Å². The van der Waals surface area contributed by atoms with Crippen molar-refractivity contribution in [3.8, 4) is 0 Å². The van der Waals surface area contributed by atoms with Gasteiger partial charge in [-0.1, -0.05) is 26.8 Å². The van der Waals surface area contributed by atoms with Crippen LogP contribution in [0.3, 0.4) is 0 Å². The number of aryl methyl sites for hydroxylation is 2. The van der Waals surface area contributed by atoms with Gasteiger partial charge in [0, 0.05) is 11.1 Å². The van der Waals surface area contributed by atoms with E-state index in [1.54, 1.807) is 6.07 Å². The van der Waals surface area contributed by atoms with Crippen molar-refractivity contribution < 1.29 is 4.39 Å². The molecule has 120 valence electrons. The zero-order chi connectivity index (χ0) is 16.2. The molecule has 3 heteroatoms. The predicted octanol–water partition coefficient (Wildman–Crippen LogP) is 4.21. The number of nitrogens with zero attached hydrogens (tertiary/aromatic N) is 1. The molecule has 0 bridgehead atoms. The lowest BCUT2D eigenvalue weighted by atomic mass is 9.84. The Morgan fingerprint density at radius 2 is 1.71 bits per heavy atom. The predicted molar refractivity (Wildman–Crippen MR) is 89.3 cm³/mol. The van der Waals surface area contributed by atoms with Gasteiger partial charge in [-0.25, -0.2) is 4.39 Å². The SMILES string of the molecule is CCNC(c1c(C)cc(C)cc1F)C(C)(C)N(CC)CC.